The maximum Gasteiger partial charge on any atom is 2.00 e. The zero-order chi connectivity index (χ0) is 9.26. The number of hydrogen-bond donors (Lipinski definition) is 1. The van der Waals surface area contributed by atoms with E-state index in [9.17, 15) is 8.78 Å². The Morgan fingerprint density at radius 3 is 2.71 bits per heavy atom. The van der Waals surface area contributed by atoms with Crippen LogP contribution in [0.3, 0.4) is 0 Å². The van der Waals surface area contributed by atoms with Gasteiger partial charge in [-0.15, -0.1) is 0 Å². The van der Waals surface area contributed by atoms with E-state index in [4.69, 9.17) is 0 Å². The van der Waals surface area contributed by atoms with Gasteiger partial charge in [0.25, 0.3) is 6.01 Å². The van der Waals surface area contributed by atoms with Crippen molar-refractivity contribution in [2.24, 2.45) is 0 Å². The Hall–Kier alpha value is -0.390. The summed E-state index contributed by atoms with van der Waals surface area (Å²) in [6.45, 7) is -2.85. The van der Waals surface area contributed by atoms with Crippen LogP contribution in [0, 0.1) is 0 Å². The number of imidazole rings is 1. The molecule has 0 aliphatic rings. The van der Waals surface area contributed by atoms with Crippen LogP contribution in [0.15, 0.2) is 24.3 Å². The number of H-pyrrole nitrogens is 1. The van der Waals surface area contributed by atoms with Crippen molar-refractivity contribution in [3.05, 3.63) is 24.3 Å². The van der Waals surface area contributed by atoms with Crippen molar-refractivity contribution in [1.29, 1.82) is 0 Å². The number of aromatic nitrogens is 2. The van der Waals surface area contributed by atoms with Gasteiger partial charge in [-0.2, -0.15) is 13.8 Å². The maximum atomic E-state index is 11.8. The van der Waals surface area contributed by atoms with E-state index in [1.807, 2.05) is 0 Å². The number of nitrogens with zero attached hydrogens (tertiary/aromatic N) is 1. The quantitative estimate of drug-likeness (QED) is 0.795. The first-order valence-corrected chi connectivity index (χ1v) is 3.65. The van der Waals surface area contributed by atoms with Gasteiger partial charge >= 0.3 is 44.3 Å². The van der Waals surface area contributed by atoms with Gasteiger partial charge in [-0.05, 0) is 12.1 Å². The van der Waals surface area contributed by atoms with E-state index < -0.39 is 6.61 Å². The smallest absolute Gasteiger partial charge is 1.00 e. The first kappa shape index (κ1) is 11.7. The van der Waals surface area contributed by atoms with Gasteiger partial charge in [0.15, 0.2) is 0 Å². The zero-order valence-corrected chi connectivity index (χ0v) is 9.41. The Morgan fingerprint density at radius 2 is 2.07 bits per heavy atom. The maximum absolute atomic E-state index is 11.8. The molecule has 1 heterocycles. The molecule has 0 amide bonds. The number of aromatic amines is 1. The molecule has 0 unspecified atom stereocenters. The van der Waals surface area contributed by atoms with Crippen LogP contribution in [0.1, 0.15) is 2.85 Å². The van der Waals surface area contributed by atoms with Gasteiger partial charge in [0.1, 0.15) is 0 Å². The molecular weight excluding hydrogens is 218 g/mol. The van der Waals surface area contributed by atoms with Crippen molar-refractivity contribution in [3.8, 4) is 6.01 Å². The van der Waals surface area contributed by atoms with Crippen molar-refractivity contribution in [2.45, 2.75) is 6.61 Å². The molecule has 0 saturated carbocycles. The summed E-state index contributed by atoms with van der Waals surface area (Å²) in [4.78, 5) is 6.41. The fourth-order valence-corrected chi connectivity index (χ4v) is 1.07. The SMILES string of the molecule is FC(F)Oc1nc2ccccc2[nH]1.[Ca+2].[H-].[H-]. The van der Waals surface area contributed by atoms with E-state index in [1.165, 1.54) is 0 Å². The summed E-state index contributed by atoms with van der Waals surface area (Å²) in [5.41, 5.74) is 1.29. The summed E-state index contributed by atoms with van der Waals surface area (Å²) in [7, 11) is 0. The minimum absolute atomic E-state index is 0. The number of halogens is 2. The number of benzene rings is 1. The van der Waals surface area contributed by atoms with Crippen LogP contribution in [0.25, 0.3) is 11.0 Å². The number of nitrogens with one attached hydrogen (secondary N) is 1. The molecule has 6 heteroatoms. The molecular formula is C8H8CaF2N2O. The van der Waals surface area contributed by atoms with E-state index in [2.05, 4.69) is 14.7 Å². The molecule has 0 spiro atoms. The van der Waals surface area contributed by atoms with Gasteiger partial charge in [-0.25, -0.2) is 0 Å². The third-order valence-electron chi connectivity index (χ3n) is 1.57. The fourth-order valence-electron chi connectivity index (χ4n) is 1.07. The van der Waals surface area contributed by atoms with Gasteiger partial charge in [0.05, 0.1) is 11.0 Å². The van der Waals surface area contributed by atoms with Crippen molar-refractivity contribution in [2.75, 3.05) is 0 Å². The second kappa shape index (κ2) is 4.91. The minimum Gasteiger partial charge on any atom is -1.00 e. The molecule has 0 saturated heterocycles. The molecule has 0 aliphatic heterocycles. The molecule has 1 aromatic heterocycles. The van der Waals surface area contributed by atoms with Crippen LogP contribution in [-0.4, -0.2) is 54.3 Å². The first-order chi connectivity index (χ1) is 6.25. The number of rotatable bonds is 2. The largest absolute Gasteiger partial charge is 2.00 e. The molecule has 14 heavy (non-hydrogen) atoms. The topological polar surface area (TPSA) is 37.9 Å². The minimum atomic E-state index is -2.85. The van der Waals surface area contributed by atoms with Crippen LogP contribution in [-0.2, 0) is 0 Å². The first-order valence-electron chi connectivity index (χ1n) is 3.65. The third kappa shape index (κ3) is 2.56. The molecule has 0 aliphatic carbocycles. The molecule has 2 rings (SSSR count). The summed E-state index contributed by atoms with van der Waals surface area (Å²) in [6, 6.07) is 6.85. The molecule has 0 bridgehead atoms. The normalized spacial score (nSPS) is 10.2. The van der Waals surface area contributed by atoms with E-state index in [0.29, 0.717) is 11.0 Å². The van der Waals surface area contributed by atoms with E-state index in [0.717, 1.165) is 0 Å². The predicted molar refractivity (Wildman–Crippen MR) is 50.7 cm³/mol. The standard InChI is InChI=1S/C8H6F2N2O.Ca.2H/c9-7(10)13-8-11-5-3-1-2-4-6(5)12-8;;;/h1-4,7H,(H,11,12);;;/q;+2;2*-1. The van der Waals surface area contributed by atoms with E-state index >= 15 is 0 Å². The molecule has 2 aromatic rings. The van der Waals surface area contributed by atoms with Gasteiger partial charge in [0, 0.05) is 0 Å². The van der Waals surface area contributed by atoms with Crippen LogP contribution >= 0.6 is 0 Å². The van der Waals surface area contributed by atoms with Crippen LogP contribution < -0.4 is 4.74 Å². The average Bonchev–Trinajstić information content (AvgIpc) is 2.44. The van der Waals surface area contributed by atoms with Crippen LogP contribution in [0.4, 0.5) is 8.78 Å². The molecule has 0 radical (unpaired) electrons. The van der Waals surface area contributed by atoms with Gasteiger partial charge in [0.2, 0.25) is 0 Å². The van der Waals surface area contributed by atoms with Crippen molar-refractivity contribution < 1.29 is 16.4 Å². The summed E-state index contributed by atoms with van der Waals surface area (Å²) < 4.78 is 27.6. The van der Waals surface area contributed by atoms with Crippen molar-refractivity contribution in [3.63, 3.8) is 0 Å². The summed E-state index contributed by atoms with van der Waals surface area (Å²) >= 11 is 0. The average molecular weight is 226 g/mol. The van der Waals surface area contributed by atoms with Gasteiger partial charge in [-0.3, -0.25) is 0 Å². The van der Waals surface area contributed by atoms with E-state index in [1.54, 1.807) is 24.3 Å². The van der Waals surface area contributed by atoms with Gasteiger partial charge < -0.3 is 12.6 Å². The third-order valence-corrected chi connectivity index (χ3v) is 1.57. The molecule has 1 N–H and O–H groups in total. The number of ether oxygens (including phenoxy) is 1. The van der Waals surface area contributed by atoms with Crippen molar-refractivity contribution in [1.82, 2.24) is 9.97 Å². The second-order valence-corrected chi connectivity index (χ2v) is 2.44. The molecule has 3 nitrogen and oxygen atoms in total. The second-order valence-electron chi connectivity index (χ2n) is 2.44. The predicted octanol–water partition coefficient (Wildman–Crippen LogP) is 2.01. The number of hydrogen-bond acceptors (Lipinski definition) is 2. The van der Waals surface area contributed by atoms with E-state index in [-0.39, 0.29) is 46.6 Å². The van der Waals surface area contributed by atoms with Gasteiger partial charge in [-0.1, -0.05) is 12.1 Å². The van der Waals surface area contributed by atoms with Crippen LogP contribution in [0.2, 0.25) is 0 Å². The fraction of sp³-hybridized carbons (Fsp3) is 0.125. The number of para-hydroxylation sites is 2. The summed E-state index contributed by atoms with van der Waals surface area (Å²) in [5, 5.41) is 0. The monoisotopic (exact) mass is 226 g/mol. The molecule has 72 valence electrons. The Kier molecular flexibility index (Phi) is 4.10. The molecule has 0 atom stereocenters. The molecule has 1 aromatic carbocycles. The zero-order valence-electron chi connectivity index (χ0n) is 9.21. The van der Waals surface area contributed by atoms with Crippen LogP contribution in [0.5, 0.6) is 6.01 Å². The molecule has 0 fully saturated rings. The Morgan fingerprint density at radius 1 is 1.36 bits per heavy atom. The van der Waals surface area contributed by atoms with Crippen molar-refractivity contribution >= 4 is 48.8 Å². The number of fused-ring (bicyclic) bond motifs is 1. The summed E-state index contributed by atoms with van der Waals surface area (Å²) in [5.74, 6) is 0. The summed E-state index contributed by atoms with van der Waals surface area (Å²) in [6.07, 6.45) is 0. The Bertz CT molecular complexity index is 394. The number of alkyl halides is 2. The Balaban J connectivity index is 0. The Labute approximate surface area is 111 Å².